The van der Waals surface area contributed by atoms with Gasteiger partial charge < -0.3 is 0 Å². The minimum absolute atomic E-state index is 0.0107. The van der Waals surface area contributed by atoms with E-state index in [2.05, 4.69) is 4.72 Å². The molecule has 0 radical (unpaired) electrons. The lowest BCUT2D eigenvalue weighted by Crippen LogP contribution is -2.19. The summed E-state index contributed by atoms with van der Waals surface area (Å²) in [4.78, 5) is -0.0819. The molecule has 0 saturated carbocycles. The van der Waals surface area contributed by atoms with E-state index in [9.17, 15) is 16.8 Å². The summed E-state index contributed by atoms with van der Waals surface area (Å²) in [5.74, 6) is 0.257. The van der Waals surface area contributed by atoms with Gasteiger partial charge in [-0.05, 0) is 37.0 Å². The Hall–Kier alpha value is -1.12. The minimum Gasteiger partial charge on any atom is -0.284 e. The number of primary sulfonamides is 1. The van der Waals surface area contributed by atoms with Crippen molar-refractivity contribution in [2.45, 2.75) is 32.1 Å². The molecular formula is C12H20N2O4S2. The summed E-state index contributed by atoms with van der Waals surface area (Å²) in [5.41, 5.74) is 0.668. The second-order valence-electron chi connectivity index (χ2n) is 5.13. The molecule has 0 fully saturated rings. The highest BCUT2D eigenvalue weighted by Crippen LogP contribution is 2.20. The molecule has 0 unspecified atom stereocenters. The van der Waals surface area contributed by atoms with Crippen LogP contribution in [0.5, 0.6) is 0 Å². The zero-order chi connectivity index (χ0) is 15.6. The maximum absolute atomic E-state index is 11.9. The quantitative estimate of drug-likeness (QED) is 0.826. The van der Waals surface area contributed by atoms with Crippen LogP contribution in [0.25, 0.3) is 0 Å². The lowest BCUT2D eigenvalue weighted by Gasteiger charge is -2.11. The molecule has 6 nitrogen and oxygen atoms in total. The molecule has 20 heavy (non-hydrogen) atoms. The predicted octanol–water partition coefficient (Wildman–Crippen LogP) is 1.43. The van der Waals surface area contributed by atoms with E-state index in [1.807, 2.05) is 13.8 Å². The number of nitrogens with one attached hydrogen (secondary N) is 1. The molecule has 0 bridgehead atoms. The summed E-state index contributed by atoms with van der Waals surface area (Å²) in [6, 6.07) is 4.26. The van der Waals surface area contributed by atoms with Crippen molar-refractivity contribution in [3.63, 3.8) is 0 Å². The third-order valence-corrected chi connectivity index (χ3v) is 5.10. The Kier molecular flexibility index (Phi) is 5.17. The molecule has 8 heteroatoms. The van der Waals surface area contributed by atoms with E-state index in [1.165, 1.54) is 18.2 Å². The van der Waals surface area contributed by atoms with Gasteiger partial charge in [-0.1, -0.05) is 19.9 Å². The molecule has 0 spiro atoms. The zero-order valence-electron chi connectivity index (χ0n) is 11.8. The van der Waals surface area contributed by atoms with E-state index in [1.54, 1.807) is 6.92 Å². The van der Waals surface area contributed by atoms with Gasteiger partial charge in [-0.15, -0.1) is 0 Å². The van der Waals surface area contributed by atoms with Crippen LogP contribution in [-0.2, 0) is 20.0 Å². The lowest BCUT2D eigenvalue weighted by molar-refractivity contribution is 0.577. The second-order valence-corrected chi connectivity index (χ2v) is 8.50. The van der Waals surface area contributed by atoms with Gasteiger partial charge in [-0.3, -0.25) is 4.72 Å². The summed E-state index contributed by atoms with van der Waals surface area (Å²) in [6.45, 7) is 5.46. The van der Waals surface area contributed by atoms with Crippen LogP contribution in [-0.4, -0.2) is 22.6 Å². The summed E-state index contributed by atoms with van der Waals surface area (Å²) >= 11 is 0. The van der Waals surface area contributed by atoms with Gasteiger partial charge in [0.05, 0.1) is 10.6 Å². The minimum atomic E-state index is -3.87. The largest absolute Gasteiger partial charge is 0.284 e. The Labute approximate surface area is 120 Å². The molecule has 0 saturated heterocycles. The average Bonchev–Trinajstić information content (AvgIpc) is 2.27. The highest BCUT2D eigenvalue weighted by atomic mass is 32.2. The fraction of sp³-hybridized carbons (Fsp3) is 0.500. The van der Waals surface area contributed by atoms with Gasteiger partial charge in [0, 0.05) is 5.69 Å². The normalized spacial score (nSPS) is 12.7. The first-order valence-corrected chi connectivity index (χ1v) is 9.35. The molecule has 0 atom stereocenters. The van der Waals surface area contributed by atoms with Crippen molar-refractivity contribution in [1.82, 2.24) is 0 Å². The van der Waals surface area contributed by atoms with E-state index in [0.717, 1.165) is 0 Å². The van der Waals surface area contributed by atoms with Crippen molar-refractivity contribution in [2.75, 3.05) is 10.5 Å². The Morgan fingerprint density at radius 2 is 1.80 bits per heavy atom. The molecule has 0 heterocycles. The summed E-state index contributed by atoms with van der Waals surface area (Å²) in [6.07, 6.45) is 0.531. The van der Waals surface area contributed by atoms with Crippen molar-refractivity contribution >= 4 is 25.7 Å². The first-order valence-electron chi connectivity index (χ1n) is 6.15. The lowest BCUT2D eigenvalue weighted by atomic mass is 10.2. The molecule has 0 amide bonds. The molecule has 0 aliphatic heterocycles. The number of rotatable bonds is 6. The molecule has 0 aromatic heterocycles. The van der Waals surface area contributed by atoms with Crippen LogP contribution in [0.2, 0.25) is 0 Å². The van der Waals surface area contributed by atoms with Gasteiger partial charge in [0.2, 0.25) is 20.0 Å². The van der Waals surface area contributed by atoms with Crippen LogP contribution in [0.3, 0.4) is 0 Å². The first kappa shape index (κ1) is 16.9. The average molecular weight is 320 g/mol. The highest BCUT2D eigenvalue weighted by Gasteiger charge is 2.15. The number of aryl methyl sites for hydroxylation is 1. The maximum Gasteiger partial charge on any atom is 0.238 e. The Morgan fingerprint density at radius 1 is 1.20 bits per heavy atom. The van der Waals surface area contributed by atoms with Crippen LogP contribution in [0.15, 0.2) is 23.1 Å². The smallest absolute Gasteiger partial charge is 0.238 e. The van der Waals surface area contributed by atoms with E-state index < -0.39 is 20.0 Å². The number of anilines is 1. The summed E-state index contributed by atoms with van der Waals surface area (Å²) < 4.78 is 48.9. The molecule has 0 aliphatic carbocycles. The fourth-order valence-electron chi connectivity index (χ4n) is 1.59. The van der Waals surface area contributed by atoms with Gasteiger partial charge >= 0.3 is 0 Å². The molecule has 1 aromatic carbocycles. The second kappa shape index (κ2) is 6.11. The molecule has 1 rings (SSSR count). The van der Waals surface area contributed by atoms with Crippen molar-refractivity contribution in [3.05, 3.63) is 23.8 Å². The van der Waals surface area contributed by atoms with E-state index in [-0.39, 0.29) is 22.3 Å². The van der Waals surface area contributed by atoms with Crippen molar-refractivity contribution in [3.8, 4) is 0 Å². The number of nitrogens with two attached hydrogens (primary N) is 1. The monoisotopic (exact) mass is 320 g/mol. The molecule has 1 aromatic rings. The highest BCUT2D eigenvalue weighted by molar-refractivity contribution is 7.92. The topological polar surface area (TPSA) is 106 Å². The Balaban J connectivity index is 3.00. The zero-order valence-corrected chi connectivity index (χ0v) is 13.4. The SMILES string of the molecule is Cc1ccc(NS(=O)(=O)CCC(C)C)cc1S(N)(=O)=O. The first-order chi connectivity index (χ1) is 9.01. The maximum atomic E-state index is 11.9. The number of hydrogen-bond donors (Lipinski definition) is 2. The van der Waals surface area contributed by atoms with E-state index in [0.29, 0.717) is 12.0 Å². The van der Waals surface area contributed by atoms with Crippen LogP contribution in [0.1, 0.15) is 25.8 Å². The van der Waals surface area contributed by atoms with Gasteiger partial charge in [0.1, 0.15) is 0 Å². The Bertz CT molecular complexity index is 679. The third kappa shape index (κ3) is 5.10. The van der Waals surface area contributed by atoms with Gasteiger partial charge in [0.25, 0.3) is 0 Å². The van der Waals surface area contributed by atoms with Gasteiger partial charge in [-0.25, -0.2) is 22.0 Å². The van der Waals surface area contributed by atoms with Crippen LogP contribution < -0.4 is 9.86 Å². The predicted molar refractivity (Wildman–Crippen MR) is 79.4 cm³/mol. The molecule has 3 N–H and O–H groups in total. The number of benzene rings is 1. The standard InChI is InChI=1S/C12H20N2O4S2/c1-9(2)6-7-19(15,16)14-11-5-4-10(3)12(8-11)20(13,17)18/h4-5,8-9,14H,6-7H2,1-3H3,(H2,13,17,18). The Morgan fingerprint density at radius 3 is 2.30 bits per heavy atom. The van der Waals surface area contributed by atoms with Crippen LogP contribution in [0, 0.1) is 12.8 Å². The molecule has 0 aliphatic rings. The van der Waals surface area contributed by atoms with Crippen molar-refractivity contribution in [1.29, 1.82) is 0 Å². The molecular weight excluding hydrogens is 300 g/mol. The van der Waals surface area contributed by atoms with Gasteiger partial charge in [0.15, 0.2) is 0 Å². The molecule has 114 valence electrons. The summed E-state index contributed by atoms with van der Waals surface area (Å²) in [5, 5.41) is 5.08. The van der Waals surface area contributed by atoms with E-state index >= 15 is 0 Å². The summed E-state index contributed by atoms with van der Waals surface area (Å²) in [7, 11) is -7.36. The van der Waals surface area contributed by atoms with Crippen molar-refractivity contribution in [2.24, 2.45) is 11.1 Å². The van der Waals surface area contributed by atoms with E-state index in [4.69, 9.17) is 5.14 Å². The van der Waals surface area contributed by atoms with Crippen molar-refractivity contribution < 1.29 is 16.8 Å². The van der Waals surface area contributed by atoms with Gasteiger partial charge in [-0.2, -0.15) is 0 Å². The fourth-order valence-corrected chi connectivity index (χ4v) is 3.77. The number of sulfonamides is 2. The third-order valence-electron chi connectivity index (χ3n) is 2.73. The number of hydrogen-bond acceptors (Lipinski definition) is 4. The van der Waals surface area contributed by atoms with Crippen LogP contribution >= 0.6 is 0 Å². The van der Waals surface area contributed by atoms with Crippen LogP contribution in [0.4, 0.5) is 5.69 Å².